The van der Waals surface area contributed by atoms with Gasteiger partial charge >= 0.3 is 0 Å². The Morgan fingerprint density at radius 1 is 0.944 bits per heavy atom. The molecule has 4 saturated carbocycles. The standard InChI is InChI=1S/C17H31N/c1-12(2)4-3-5-16(18)17-9-13-6-14(10-17)8-15(7-13)11-17/h12-16H,3-11,18H2,1-2H3. The van der Waals surface area contributed by atoms with Crippen LogP contribution in [-0.2, 0) is 0 Å². The third-order valence-corrected chi connectivity index (χ3v) is 6.17. The van der Waals surface area contributed by atoms with Crippen LogP contribution in [0.1, 0.15) is 71.6 Å². The van der Waals surface area contributed by atoms with E-state index in [0.29, 0.717) is 11.5 Å². The van der Waals surface area contributed by atoms with Crippen LogP contribution in [0, 0.1) is 29.1 Å². The van der Waals surface area contributed by atoms with Crippen molar-refractivity contribution >= 4 is 0 Å². The molecule has 1 atom stereocenters. The van der Waals surface area contributed by atoms with Crippen molar-refractivity contribution in [3.8, 4) is 0 Å². The highest BCUT2D eigenvalue weighted by Gasteiger charge is 2.52. The Labute approximate surface area is 113 Å². The Bertz CT molecular complexity index is 259. The smallest absolute Gasteiger partial charge is 0.00958 e. The number of nitrogens with two attached hydrogens (primary N) is 1. The minimum Gasteiger partial charge on any atom is -0.327 e. The van der Waals surface area contributed by atoms with Crippen LogP contribution < -0.4 is 5.73 Å². The Hall–Kier alpha value is -0.0400. The lowest BCUT2D eigenvalue weighted by molar-refractivity contribution is -0.0685. The molecule has 0 amide bonds. The monoisotopic (exact) mass is 249 g/mol. The van der Waals surface area contributed by atoms with Crippen LogP contribution in [0.25, 0.3) is 0 Å². The van der Waals surface area contributed by atoms with Crippen LogP contribution in [0.3, 0.4) is 0 Å². The molecule has 0 spiro atoms. The molecule has 4 fully saturated rings. The van der Waals surface area contributed by atoms with Crippen molar-refractivity contribution in [2.45, 2.75) is 77.7 Å². The molecule has 4 bridgehead atoms. The maximum atomic E-state index is 6.66. The summed E-state index contributed by atoms with van der Waals surface area (Å²) in [6, 6.07) is 0.504. The minimum atomic E-state index is 0.504. The van der Waals surface area contributed by atoms with Crippen molar-refractivity contribution in [2.24, 2.45) is 34.8 Å². The number of hydrogen-bond acceptors (Lipinski definition) is 1. The van der Waals surface area contributed by atoms with Crippen molar-refractivity contribution in [3.05, 3.63) is 0 Å². The topological polar surface area (TPSA) is 26.0 Å². The molecule has 0 aromatic heterocycles. The van der Waals surface area contributed by atoms with E-state index in [1.165, 1.54) is 57.8 Å². The molecule has 1 unspecified atom stereocenters. The van der Waals surface area contributed by atoms with E-state index >= 15 is 0 Å². The van der Waals surface area contributed by atoms with Gasteiger partial charge in [-0.3, -0.25) is 0 Å². The van der Waals surface area contributed by atoms with Crippen LogP contribution >= 0.6 is 0 Å². The first kappa shape index (κ1) is 13.0. The third kappa shape index (κ3) is 2.35. The van der Waals surface area contributed by atoms with E-state index in [0.717, 1.165) is 23.7 Å². The van der Waals surface area contributed by atoms with Gasteiger partial charge in [-0.05, 0) is 74.0 Å². The fourth-order valence-electron chi connectivity index (χ4n) is 5.68. The molecular weight excluding hydrogens is 218 g/mol. The van der Waals surface area contributed by atoms with E-state index in [4.69, 9.17) is 5.73 Å². The van der Waals surface area contributed by atoms with Gasteiger partial charge in [0.05, 0.1) is 0 Å². The molecule has 2 N–H and O–H groups in total. The molecule has 4 rings (SSSR count). The summed E-state index contributed by atoms with van der Waals surface area (Å²) < 4.78 is 0. The first-order valence-electron chi connectivity index (χ1n) is 8.33. The van der Waals surface area contributed by atoms with Gasteiger partial charge in [0, 0.05) is 6.04 Å². The second-order valence-electron chi connectivity index (χ2n) is 8.21. The van der Waals surface area contributed by atoms with E-state index in [2.05, 4.69) is 13.8 Å². The van der Waals surface area contributed by atoms with Crippen molar-refractivity contribution in [1.82, 2.24) is 0 Å². The van der Waals surface area contributed by atoms with Crippen LogP contribution in [0.4, 0.5) is 0 Å². The van der Waals surface area contributed by atoms with Gasteiger partial charge in [0.2, 0.25) is 0 Å². The predicted octanol–water partition coefficient (Wildman–Crippen LogP) is 4.36. The Morgan fingerprint density at radius 3 is 1.89 bits per heavy atom. The highest BCUT2D eigenvalue weighted by Crippen LogP contribution is 2.61. The zero-order chi connectivity index (χ0) is 12.8. The Kier molecular flexibility index (Phi) is 3.47. The summed E-state index contributed by atoms with van der Waals surface area (Å²) in [6.45, 7) is 4.66. The Balaban J connectivity index is 1.60. The van der Waals surface area contributed by atoms with E-state index in [1.54, 1.807) is 0 Å². The number of rotatable bonds is 5. The quantitative estimate of drug-likeness (QED) is 0.770. The largest absolute Gasteiger partial charge is 0.327 e. The molecular formula is C17H31N. The molecule has 0 heterocycles. The summed E-state index contributed by atoms with van der Waals surface area (Å²) in [7, 11) is 0. The van der Waals surface area contributed by atoms with Gasteiger partial charge in [-0.1, -0.05) is 26.7 Å². The Morgan fingerprint density at radius 2 is 1.44 bits per heavy atom. The highest BCUT2D eigenvalue weighted by molar-refractivity contribution is 5.05. The lowest BCUT2D eigenvalue weighted by Gasteiger charge is -2.59. The molecule has 0 aromatic carbocycles. The maximum absolute atomic E-state index is 6.66. The SMILES string of the molecule is CC(C)CCCC(N)C12CC3CC(CC(C3)C1)C2. The molecule has 0 radical (unpaired) electrons. The number of hydrogen-bond donors (Lipinski definition) is 1. The summed E-state index contributed by atoms with van der Waals surface area (Å²) in [4.78, 5) is 0. The lowest BCUT2D eigenvalue weighted by Crippen LogP contribution is -2.54. The second-order valence-corrected chi connectivity index (χ2v) is 8.21. The molecule has 1 heteroatoms. The molecule has 0 aliphatic heterocycles. The average molecular weight is 249 g/mol. The summed E-state index contributed by atoms with van der Waals surface area (Å²) >= 11 is 0. The summed E-state index contributed by atoms with van der Waals surface area (Å²) in [5.74, 6) is 3.99. The first-order chi connectivity index (χ1) is 8.57. The van der Waals surface area contributed by atoms with E-state index in [9.17, 15) is 0 Å². The van der Waals surface area contributed by atoms with Gasteiger partial charge in [0.25, 0.3) is 0 Å². The zero-order valence-electron chi connectivity index (χ0n) is 12.3. The fourth-order valence-corrected chi connectivity index (χ4v) is 5.68. The molecule has 4 aliphatic rings. The maximum Gasteiger partial charge on any atom is 0.00958 e. The summed E-state index contributed by atoms with van der Waals surface area (Å²) in [6.07, 6.45) is 13.0. The minimum absolute atomic E-state index is 0.504. The summed E-state index contributed by atoms with van der Waals surface area (Å²) in [5, 5.41) is 0. The third-order valence-electron chi connectivity index (χ3n) is 6.17. The first-order valence-corrected chi connectivity index (χ1v) is 8.33. The molecule has 104 valence electrons. The van der Waals surface area contributed by atoms with Crippen LogP contribution in [0.15, 0.2) is 0 Å². The van der Waals surface area contributed by atoms with Crippen molar-refractivity contribution in [1.29, 1.82) is 0 Å². The summed E-state index contributed by atoms with van der Waals surface area (Å²) in [5.41, 5.74) is 7.23. The second kappa shape index (κ2) is 4.81. The zero-order valence-corrected chi connectivity index (χ0v) is 12.3. The van der Waals surface area contributed by atoms with Gasteiger partial charge in [-0.15, -0.1) is 0 Å². The van der Waals surface area contributed by atoms with Gasteiger partial charge < -0.3 is 5.73 Å². The van der Waals surface area contributed by atoms with Gasteiger partial charge in [0.15, 0.2) is 0 Å². The van der Waals surface area contributed by atoms with Crippen molar-refractivity contribution in [2.75, 3.05) is 0 Å². The van der Waals surface area contributed by atoms with E-state index < -0.39 is 0 Å². The lowest BCUT2D eigenvalue weighted by atomic mass is 9.47. The van der Waals surface area contributed by atoms with Gasteiger partial charge in [-0.25, -0.2) is 0 Å². The van der Waals surface area contributed by atoms with E-state index in [1.807, 2.05) is 0 Å². The molecule has 0 saturated heterocycles. The van der Waals surface area contributed by atoms with Gasteiger partial charge in [0.1, 0.15) is 0 Å². The fraction of sp³-hybridized carbons (Fsp3) is 1.00. The van der Waals surface area contributed by atoms with Crippen LogP contribution in [0.2, 0.25) is 0 Å². The van der Waals surface area contributed by atoms with Crippen molar-refractivity contribution in [3.63, 3.8) is 0 Å². The van der Waals surface area contributed by atoms with Gasteiger partial charge in [-0.2, -0.15) is 0 Å². The highest BCUT2D eigenvalue weighted by atomic mass is 14.7. The molecule has 4 aliphatic carbocycles. The average Bonchev–Trinajstić information content (AvgIpc) is 2.26. The molecule has 18 heavy (non-hydrogen) atoms. The molecule has 0 aromatic rings. The van der Waals surface area contributed by atoms with E-state index in [-0.39, 0.29) is 0 Å². The normalized spacial score (nSPS) is 43.7. The van der Waals surface area contributed by atoms with Crippen LogP contribution in [-0.4, -0.2) is 6.04 Å². The predicted molar refractivity (Wildman–Crippen MR) is 77.3 cm³/mol. The molecule has 1 nitrogen and oxygen atoms in total. The van der Waals surface area contributed by atoms with Crippen LogP contribution in [0.5, 0.6) is 0 Å². The van der Waals surface area contributed by atoms with Crippen molar-refractivity contribution < 1.29 is 0 Å².